The fourth-order valence-electron chi connectivity index (χ4n) is 3.65. The van der Waals surface area contributed by atoms with Gasteiger partial charge in [-0.05, 0) is 45.6 Å². The van der Waals surface area contributed by atoms with Crippen LogP contribution in [-0.2, 0) is 0 Å². The summed E-state index contributed by atoms with van der Waals surface area (Å²) in [6.45, 7) is 10.7. The molecule has 2 heteroatoms. The predicted molar refractivity (Wildman–Crippen MR) is 125 cm³/mol. The van der Waals surface area contributed by atoms with Crippen LogP contribution in [0.2, 0.25) is 0 Å². The van der Waals surface area contributed by atoms with E-state index in [0.29, 0.717) is 0 Å². The number of hydrogen-bond donors (Lipinski definition) is 1. The Morgan fingerprint density at radius 2 is 1.17 bits per heavy atom. The van der Waals surface area contributed by atoms with Crippen LogP contribution in [0.5, 0.6) is 0 Å². The number of benzene rings is 3. The molecule has 0 aliphatic carbocycles. The highest BCUT2D eigenvalue weighted by Gasteiger charge is 2.19. The van der Waals surface area contributed by atoms with Gasteiger partial charge in [0.15, 0.2) is 0 Å². The number of nitrogens with zero attached hydrogens (tertiary/aromatic N) is 1. The predicted octanol–water partition coefficient (Wildman–Crippen LogP) is 7.40. The van der Waals surface area contributed by atoms with Crippen LogP contribution in [0.25, 0.3) is 33.2 Å². The molecule has 1 N–H and O–H groups in total. The third-order valence-corrected chi connectivity index (χ3v) is 5.07. The molecule has 0 bridgehead atoms. The van der Waals surface area contributed by atoms with Gasteiger partial charge < -0.3 is 5.32 Å². The topological polar surface area (TPSA) is 24.9 Å². The first-order valence-electron chi connectivity index (χ1n) is 10.2. The molecule has 1 heterocycles. The van der Waals surface area contributed by atoms with E-state index in [0.717, 1.165) is 22.5 Å². The van der Waals surface area contributed by atoms with Crippen LogP contribution in [0.15, 0.2) is 72.8 Å². The first-order chi connectivity index (χ1) is 13.8. The minimum atomic E-state index is -0.0777. The third-order valence-electron chi connectivity index (χ3n) is 5.07. The third kappa shape index (κ3) is 4.02. The van der Waals surface area contributed by atoms with Gasteiger partial charge >= 0.3 is 0 Å². The van der Waals surface area contributed by atoms with E-state index in [4.69, 9.17) is 4.98 Å². The van der Waals surface area contributed by atoms with Crippen molar-refractivity contribution in [1.82, 2.24) is 4.98 Å². The number of nitrogens with one attached hydrogen (secondary N) is 1. The molecular formula is C27H28N2. The largest absolute Gasteiger partial charge is 0.365 e. The van der Waals surface area contributed by atoms with Crippen molar-refractivity contribution in [2.75, 3.05) is 5.32 Å². The summed E-state index contributed by atoms with van der Waals surface area (Å²) in [6, 6.07) is 26.0. The molecule has 4 rings (SSSR count). The Labute approximate surface area is 173 Å². The first-order valence-corrected chi connectivity index (χ1v) is 10.2. The summed E-state index contributed by atoms with van der Waals surface area (Å²) in [7, 11) is 0. The fourth-order valence-corrected chi connectivity index (χ4v) is 3.65. The highest BCUT2D eigenvalue weighted by molar-refractivity contribution is 6.07. The van der Waals surface area contributed by atoms with E-state index < -0.39 is 0 Å². The summed E-state index contributed by atoms with van der Waals surface area (Å²) < 4.78 is 0. The van der Waals surface area contributed by atoms with Crippen LogP contribution in [0.3, 0.4) is 0 Å². The molecule has 0 atom stereocenters. The molecule has 0 aliphatic heterocycles. The number of hydrogen-bond acceptors (Lipinski definition) is 2. The van der Waals surface area contributed by atoms with Gasteiger partial charge in [-0.1, -0.05) is 83.9 Å². The van der Waals surface area contributed by atoms with Gasteiger partial charge in [0.2, 0.25) is 0 Å². The summed E-state index contributed by atoms with van der Waals surface area (Å²) in [5.41, 5.74) is 6.95. The Morgan fingerprint density at radius 1 is 0.655 bits per heavy atom. The molecule has 2 nitrogen and oxygen atoms in total. The molecular weight excluding hydrogens is 352 g/mol. The van der Waals surface area contributed by atoms with Crippen LogP contribution >= 0.6 is 0 Å². The van der Waals surface area contributed by atoms with E-state index in [1.807, 2.05) is 0 Å². The van der Waals surface area contributed by atoms with Crippen molar-refractivity contribution >= 4 is 16.6 Å². The standard InChI is InChI=1S/C27H28N2/c1-18-10-14-20(15-11-18)24-22-8-6-7-9-23(22)26(29-27(3,4)5)28-25(24)21-16-12-19(2)13-17-21/h6-17H,1-5H3,(H,28,29). The number of pyridine rings is 1. The van der Waals surface area contributed by atoms with Crippen molar-refractivity contribution in [2.45, 2.75) is 40.2 Å². The SMILES string of the molecule is Cc1ccc(-c2nc(NC(C)(C)C)c3ccccc3c2-c2ccc(C)cc2)cc1. The molecule has 0 radical (unpaired) electrons. The second-order valence-corrected chi connectivity index (χ2v) is 8.84. The Hall–Kier alpha value is -3.13. The highest BCUT2D eigenvalue weighted by Crippen LogP contribution is 2.40. The van der Waals surface area contributed by atoms with Crippen LogP contribution in [0.4, 0.5) is 5.82 Å². The smallest absolute Gasteiger partial charge is 0.135 e. The maximum absolute atomic E-state index is 5.17. The Kier molecular flexibility index (Phi) is 4.87. The van der Waals surface area contributed by atoms with E-state index in [1.54, 1.807) is 0 Å². The molecule has 1 aromatic heterocycles. The molecule has 29 heavy (non-hydrogen) atoms. The molecule has 0 saturated heterocycles. The number of anilines is 1. The lowest BCUT2D eigenvalue weighted by Crippen LogP contribution is -2.27. The lowest BCUT2D eigenvalue weighted by molar-refractivity contribution is 0.632. The van der Waals surface area contributed by atoms with E-state index in [-0.39, 0.29) is 5.54 Å². The molecule has 3 aromatic carbocycles. The lowest BCUT2D eigenvalue weighted by atomic mass is 9.93. The number of fused-ring (bicyclic) bond motifs is 1. The zero-order chi connectivity index (χ0) is 20.6. The minimum absolute atomic E-state index is 0.0777. The van der Waals surface area contributed by atoms with Gasteiger partial charge in [-0.25, -0.2) is 4.98 Å². The fraction of sp³-hybridized carbons (Fsp3) is 0.222. The van der Waals surface area contributed by atoms with Crippen molar-refractivity contribution in [3.8, 4) is 22.4 Å². The summed E-state index contributed by atoms with van der Waals surface area (Å²) in [5, 5.41) is 5.99. The van der Waals surface area contributed by atoms with Crippen molar-refractivity contribution in [2.24, 2.45) is 0 Å². The molecule has 4 aromatic rings. The van der Waals surface area contributed by atoms with Gasteiger partial charge in [0, 0.05) is 22.1 Å². The maximum atomic E-state index is 5.17. The molecule has 0 unspecified atom stereocenters. The van der Waals surface area contributed by atoms with Crippen molar-refractivity contribution in [1.29, 1.82) is 0 Å². The normalized spacial score (nSPS) is 11.6. The van der Waals surface area contributed by atoms with Crippen LogP contribution < -0.4 is 5.32 Å². The second kappa shape index (κ2) is 7.36. The second-order valence-electron chi connectivity index (χ2n) is 8.84. The maximum Gasteiger partial charge on any atom is 0.135 e. The summed E-state index contributed by atoms with van der Waals surface area (Å²) in [6.07, 6.45) is 0. The van der Waals surface area contributed by atoms with Crippen molar-refractivity contribution in [3.05, 3.63) is 83.9 Å². The zero-order valence-corrected chi connectivity index (χ0v) is 17.9. The Balaban J connectivity index is 2.07. The molecule has 0 aliphatic rings. The number of aryl methyl sites for hydroxylation is 2. The van der Waals surface area contributed by atoms with E-state index >= 15 is 0 Å². The molecule has 0 spiro atoms. The van der Waals surface area contributed by atoms with Crippen LogP contribution in [0.1, 0.15) is 31.9 Å². The van der Waals surface area contributed by atoms with Crippen molar-refractivity contribution < 1.29 is 0 Å². The van der Waals surface area contributed by atoms with Gasteiger partial charge in [0.1, 0.15) is 5.82 Å². The van der Waals surface area contributed by atoms with E-state index in [1.165, 1.54) is 27.6 Å². The zero-order valence-electron chi connectivity index (χ0n) is 17.9. The van der Waals surface area contributed by atoms with Gasteiger partial charge in [0.05, 0.1) is 5.69 Å². The van der Waals surface area contributed by atoms with Crippen LogP contribution in [-0.4, -0.2) is 10.5 Å². The Morgan fingerprint density at radius 3 is 1.72 bits per heavy atom. The van der Waals surface area contributed by atoms with Gasteiger partial charge in [-0.2, -0.15) is 0 Å². The van der Waals surface area contributed by atoms with Gasteiger partial charge in [0.25, 0.3) is 0 Å². The van der Waals surface area contributed by atoms with E-state index in [2.05, 4.69) is 113 Å². The average molecular weight is 381 g/mol. The number of aromatic nitrogens is 1. The molecule has 146 valence electrons. The quantitative estimate of drug-likeness (QED) is 0.400. The van der Waals surface area contributed by atoms with E-state index in [9.17, 15) is 0 Å². The van der Waals surface area contributed by atoms with Crippen molar-refractivity contribution in [3.63, 3.8) is 0 Å². The van der Waals surface area contributed by atoms with Crippen LogP contribution in [0, 0.1) is 13.8 Å². The minimum Gasteiger partial charge on any atom is -0.365 e. The monoisotopic (exact) mass is 380 g/mol. The summed E-state index contributed by atoms with van der Waals surface area (Å²) in [4.78, 5) is 5.17. The number of rotatable bonds is 3. The molecule has 0 saturated carbocycles. The van der Waals surface area contributed by atoms with Gasteiger partial charge in [-0.3, -0.25) is 0 Å². The average Bonchev–Trinajstić information content (AvgIpc) is 2.68. The molecule has 0 amide bonds. The Bertz CT molecular complexity index is 1150. The highest BCUT2D eigenvalue weighted by atomic mass is 15.0. The summed E-state index contributed by atoms with van der Waals surface area (Å²) >= 11 is 0. The first kappa shape index (κ1) is 19.2. The summed E-state index contributed by atoms with van der Waals surface area (Å²) in [5.74, 6) is 0.930. The van der Waals surface area contributed by atoms with Gasteiger partial charge in [-0.15, -0.1) is 0 Å². The molecule has 0 fully saturated rings. The lowest BCUT2D eigenvalue weighted by Gasteiger charge is -2.24.